The van der Waals surface area contributed by atoms with Crippen LogP contribution in [-0.2, 0) is 11.2 Å². The fraction of sp³-hybridized carbons (Fsp3) is 0.143. The van der Waals surface area contributed by atoms with Crippen LogP contribution in [-0.4, -0.2) is 16.0 Å². The molecule has 4 nitrogen and oxygen atoms in total. The summed E-state index contributed by atoms with van der Waals surface area (Å²) in [6.45, 7) is 0. The van der Waals surface area contributed by atoms with Crippen molar-refractivity contribution in [2.24, 2.45) is 0 Å². The molecular weight excluding hydrogens is 144 g/mol. The van der Waals surface area contributed by atoms with Crippen LogP contribution in [0.1, 0.15) is 11.3 Å². The summed E-state index contributed by atoms with van der Waals surface area (Å²) in [5.41, 5.74) is 1.06. The number of hydrogen-bond acceptors (Lipinski definition) is 2. The average molecular weight is 150 g/mol. The zero-order valence-electron chi connectivity index (χ0n) is 5.68. The molecule has 2 N–H and O–H groups in total. The molecule has 0 spiro atoms. The third kappa shape index (κ3) is 0.832. The highest BCUT2D eigenvalue weighted by atomic mass is 16.1. The van der Waals surface area contributed by atoms with Gasteiger partial charge in [-0.3, -0.25) is 19.8 Å². The van der Waals surface area contributed by atoms with Gasteiger partial charge in [0, 0.05) is 6.42 Å². The molecule has 0 fully saturated rings. The second-order valence-electron chi connectivity index (χ2n) is 2.45. The van der Waals surface area contributed by atoms with E-state index in [1.54, 1.807) is 6.08 Å². The highest BCUT2D eigenvalue weighted by Gasteiger charge is 2.14. The van der Waals surface area contributed by atoms with E-state index in [0.717, 1.165) is 5.69 Å². The molecule has 4 heteroatoms. The molecule has 0 radical (unpaired) electrons. The van der Waals surface area contributed by atoms with Crippen molar-refractivity contribution in [1.82, 2.24) is 10.2 Å². The molecule has 0 aliphatic heterocycles. The third-order valence-corrected chi connectivity index (χ3v) is 1.70. The standard InChI is InChI=1S/C7H6N2O2/c10-4-1-2-6-5(3-4)7(11)9-8-6/h1-2H,3H2,(H2,8,9,11). The molecule has 1 aromatic rings. The number of fused-ring (bicyclic) bond motifs is 1. The van der Waals surface area contributed by atoms with Crippen LogP contribution in [0, 0.1) is 0 Å². The molecule has 0 unspecified atom stereocenters. The summed E-state index contributed by atoms with van der Waals surface area (Å²) in [5.74, 6) is -0.0254. The SMILES string of the molecule is O=C1C=Cc2[nH][nH]c(=O)c2C1. The van der Waals surface area contributed by atoms with Crippen LogP contribution in [0.15, 0.2) is 10.9 Å². The number of H-pyrrole nitrogens is 2. The predicted octanol–water partition coefficient (Wildman–Crippen LogP) is -0.159. The average Bonchev–Trinajstić information content (AvgIpc) is 2.33. The number of hydrogen-bond donors (Lipinski definition) is 2. The Morgan fingerprint density at radius 2 is 2.00 bits per heavy atom. The number of aromatic amines is 2. The van der Waals surface area contributed by atoms with Gasteiger partial charge in [-0.1, -0.05) is 0 Å². The number of rotatable bonds is 0. The molecule has 0 saturated heterocycles. The van der Waals surface area contributed by atoms with Crippen LogP contribution < -0.4 is 5.56 Å². The van der Waals surface area contributed by atoms with E-state index in [2.05, 4.69) is 10.2 Å². The maximum absolute atomic E-state index is 10.9. The number of nitrogens with one attached hydrogen (secondary N) is 2. The number of aromatic nitrogens is 2. The van der Waals surface area contributed by atoms with Gasteiger partial charge in [-0.2, -0.15) is 0 Å². The second-order valence-corrected chi connectivity index (χ2v) is 2.45. The largest absolute Gasteiger partial charge is 0.298 e. The minimum Gasteiger partial charge on any atom is -0.298 e. The highest BCUT2D eigenvalue weighted by molar-refractivity contribution is 5.97. The van der Waals surface area contributed by atoms with Crippen LogP contribution in [0.2, 0.25) is 0 Å². The van der Waals surface area contributed by atoms with Gasteiger partial charge < -0.3 is 0 Å². The van der Waals surface area contributed by atoms with E-state index in [9.17, 15) is 9.59 Å². The molecule has 2 rings (SSSR count). The molecule has 0 saturated carbocycles. The summed E-state index contributed by atoms with van der Waals surface area (Å²) in [4.78, 5) is 21.8. The van der Waals surface area contributed by atoms with E-state index >= 15 is 0 Å². The van der Waals surface area contributed by atoms with Gasteiger partial charge in [0.15, 0.2) is 5.78 Å². The van der Waals surface area contributed by atoms with Crippen molar-refractivity contribution < 1.29 is 4.79 Å². The molecule has 1 heterocycles. The molecule has 1 aliphatic carbocycles. The van der Waals surface area contributed by atoms with E-state index in [0.29, 0.717) is 5.56 Å². The van der Waals surface area contributed by atoms with E-state index in [1.807, 2.05) is 0 Å². The summed E-state index contributed by atoms with van der Waals surface area (Å²) < 4.78 is 0. The normalized spacial score (nSPS) is 15.1. The van der Waals surface area contributed by atoms with Gasteiger partial charge in [0.05, 0.1) is 11.3 Å². The Kier molecular flexibility index (Phi) is 1.09. The van der Waals surface area contributed by atoms with Crippen LogP contribution in [0.3, 0.4) is 0 Å². The van der Waals surface area contributed by atoms with E-state index in [4.69, 9.17) is 0 Å². The summed E-state index contributed by atoms with van der Waals surface area (Å²) in [5, 5.41) is 5.09. The Morgan fingerprint density at radius 3 is 2.82 bits per heavy atom. The molecular formula is C7H6N2O2. The summed E-state index contributed by atoms with van der Waals surface area (Å²) in [6.07, 6.45) is 3.29. The van der Waals surface area contributed by atoms with Crippen molar-refractivity contribution in [2.45, 2.75) is 6.42 Å². The smallest absolute Gasteiger partial charge is 0.268 e. The number of carbonyl (C=O) groups excluding carboxylic acids is 1. The first kappa shape index (κ1) is 6.15. The van der Waals surface area contributed by atoms with Crippen LogP contribution in [0.5, 0.6) is 0 Å². The molecule has 0 atom stereocenters. The lowest BCUT2D eigenvalue weighted by Gasteiger charge is -1.99. The molecule has 56 valence electrons. The van der Waals surface area contributed by atoms with E-state index < -0.39 is 0 Å². The molecule has 0 bridgehead atoms. The fourth-order valence-corrected chi connectivity index (χ4v) is 1.12. The molecule has 0 aromatic carbocycles. The molecule has 0 amide bonds. The highest BCUT2D eigenvalue weighted by Crippen LogP contribution is 2.09. The van der Waals surface area contributed by atoms with Crippen molar-refractivity contribution in [2.75, 3.05) is 0 Å². The Hall–Kier alpha value is -1.58. The Morgan fingerprint density at radius 1 is 1.18 bits per heavy atom. The van der Waals surface area contributed by atoms with Gasteiger partial charge in [0.2, 0.25) is 0 Å². The topological polar surface area (TPSA) is 65.7 Å². The van der Waals surface area contributed by atoms with Gasteiger partial charge >= 0.3 is 0 Å². The maximum atomic E-state index is 10.9. The van der Waals surface area contributed by atoms with Crippen LogP contribution in [0.4, 0.5) is 0 Å². The predicted molar refractivity (Wildman–Crippen MR) is 39.2 cm³/mol. The lowest BCUT2D eigenvalue weighted by atomic mass is 10.0. The zero-order chi connectivity index (χ0) is 7.84. The van der Waals surface area contributed by atoms with E-state index in [-0.39, 0.29) is 17.8 Å². The van der Waals surface area contributed by atoms with E-state index in [1.165, 1.54) is 6.08 Å². The second kappa shape index (κ2) is 1.95. The lowest BCUT2D eigenvalue weighted by molar-refractivity contribution is -0.114. The Balaban J connectivity index is 2.66. The molecule has 11 heavy (non-hydrogen) atoms. The maximum Gasteiger partial charge on any atom is 0.268 e. The van der Waals surface area contributed by atoms with Crippen molar-refractivity contribution in [3.8, 4) is 0 Å². The van der Waals surface area contributed by atoms with Crippen LogP contribution in [0.25, 0.3) is 6.08 Å². The molecule has 1 aliphatic rings. The summed E-state index contributed by atoms with van der Waals surface area (Å²) in [7, 11) is 0. The number of allylic oxidation sites excluding steroid dienone is 1. The third-order valence-electron chi connectivity index (χ3n) is 1.70. The minimum atomic E-state index is -0.197. The van der Waals surface area contributed by atoms with Gasteiger partial charge in [0.1, 0.15) is 0 Å². The number of ketones is 1. The van der Waals surface area contributed by atoms with Crippen molar-refractivity contribution in [3.05, 3.63) is 27.7 Å². The Bertz CT molecular complexity index is 383. The lowest BCUT2D eigenvalue weighted by Crippen LogP contribution is -2.12. The van der Waals surface area contributed by atoms with Gasteiger partial charge in [-0.05, 0) is 12.2 Å². The molecule has 1 aromatic heterocycles. The Labute approximate surface area is 61.9 Å². The van der Waals surface area contributed by atoms with Crippen molar-refractivity contribution in [1.29, 1.82) is 0 Å². The van der Waals surface area contributed by atoms with Crippen molar-refractivity contribution in [3.63, 3.8) is 0 Å². The van der Waals surface area contributed by atoms with Gasteiger partial charge in [0.25, 0.3) is 5.56 Å². The van der Waals surface area contributed by atoms with Crippen molar-refractivity contribution >= 4 is 11.9 Å². The fourth-order valence-electron chi connectivity index (χ4n) is 1.12. The number of carbonyl (C=O) groups is 1. The van der Waals surface area contributed by atoms with Gasteiger partial charge in [-0.25, -0.2) is 0 Å². The summed E-state index contributed by atoms with van der Waals surface area (Å²) >= 11 is 0. The monoisotopic (exact) mass is 150 g/mol. The summed E-state index contributed by atoms with van der Waals surface area (Å²) in [6, 6.07) is 0. The quantitative estimate of drug-likeness (QED) is 0.539. The van der Waals surface area contributed by atoms with Gasteiger partial charge in [-0.15, -0.1) is 0 Å². The first-order valence-electron chi connectivity index (χ1n) is 3.28. The minimum absolute atomic E-state index is 0.0254. The zero-order valence-corrected chi connectivity index (χ0v) is 5.68. The first-order chi connectivity index (χ1) is 5.27. The van der Waals surface area contributed by atoms with Crippen LogP contribution >= 0.6 is 0 Å². The first-order valence-corrected chi connectivity index (χ1v) is 3.28.